The number of anilines is 1. The van der Waals surface area contributed by atoms with Gasteiger partial charge in [0, 0.05) is 22.8 Å². The molecule has 3 nitrogen and oxygen atoms in total. The van der Waals surface area contributed by atoms with Gasteiger partial charge in [0.15, 0.2) is 5.69 Å². The van der Waals surface area contributed by atoms with Crippen molar-refractivity contribution in [1.82, 2.24) is 9.97 Å². The summed E-state index contributed by atoms with van der Waals surface area (Å²) < 4.78 is 40.1. The largest absolute Gasteiger partial charge is 0.433 e. The lowest BCUT2D eigenvalue weighted by Crippen LogP contribution is -2.17. The van der Waals surface area contributed by atoms with E-state index in [0.29, 0.717) is 30.1 Å². The third kappa shape index (κ3) is 3.98. The molecule has 1 aliphatic rings. The molecule has 0 atom stereocenters. The summed E-state index contributed by atoms with van der Waals surface area (Å²) in [4.78, 5) is 8.09. The molecule has 1 heterocycles. The fraction of sp³-hybridized carbons (Fsp3) is 0.412. The molecule has 1 N–H and O–H groups in total. The topological polar surface area (TPSA) is 37.8 Å². The van der Waals surface area contributed by atoms with Gasteiger partial charge in [0.25, 0.3) is 0 Å². The highest BCUT2D eigenvalue weighted by molar-refractivity contribution is 6.30. The van der Waals surface area contributed by atoms with Crippen molar-refractivity contribution in [2.75, 3.05) is 5.32 Å². The van der Waals surface area contributed by atoms with Crippen LogP contribution in [0.2, 0.25) is 5.02 Å². The Kier molecular flexibility index (Phi) is 4.94. The van der Waals surface area contributed by atoms with Gasteiger partial charge in [-0.2, -0.15) is 13.2 Å². The summed E-state index contributed by atoms with van der Waals surface area (Å²) in [6, 6.07) is 7.09. The van der Waals surface area contributed by atoms with E-state index in [9.17, 15) is 13.2 Å². The summed E-state index contributed by atoms with van der Waals surface area (Å²) in [5, 5.41) is 3.51. The number of aryl methyl sites for hydroxylation is 1. The van der Waals surface area contributed by atoms with Gasteiger partial charge in [0.05, 0.1) is 0 Å². The highest BCUT2D eigenvalue weighted by Gasteiger charge is 2.37. The lowest BCUT2D eigenvalue weighted by molar-refractivity contribution is -0.141. The van der Waals surface area contributed by atoms with E-state index in [4.69, 9.17) is 11.6 Å². The molecule has 7 heteroatoms. The maximum atomic E-state index is 13.4. The summed E-state index contributed by atoms with van der Waals surface area (Å²) in [5.74, 6) is 0.0259. The number of hydrogen-bond acceptors (Lipinski definition) is 3. The molecule has 0 unspecified atom stereocenters. The minimum absolute atomic E-state index is 0.0259. The van der Waals surface area contributed by atoms with Crippen molar-refractivity contribution in [3.63, 3.8) is 0 Å². The molecule has 3 rings (SSSR count). The Morgan fingerprint density at radius 2 is 1.71 bits per heavy atom. The first-order valence-electron chi connectivity index (χ1n) is 7.89. The molecular formula is C17H17ClF3N3. The van der Waals surface area contributed by atoms with Crippen LogP contribution in [-0.2, 0) is 25.6 Å². The second-order valence-corrected chi connectivity index (χ2v) is 6.30. The molecule has 0 saturated carbocycles. The van der Waals surface area contributed by atoms with E-state index in [-0.39, 0.29) is 11.5 Å². The molecule has 1 aromatic carbocycles. The maximum absolute atomic E-state index is 13.4. The van der Waals surface area contributed by atoms with Crippen LogP contribution in [0.4, 0.5) is 19.1 Å². The van der Waals surface area contributed by atoms with Crippen molar-refractivity contribution in [2.45, 2.75) is 44.8 Å². The van der Waals surface area contributed by atoms with E-state index in [1.165, 1.54) is 0 Å². The minimum atomic E-state index is -4.46. The van der Waals surface area contributed by atoms with E-state index >= 15 is 0 Å². The van der Waals surface area contributed by atoms with Gasteiger partial charge in [-0.05, 0) is 43.4 Å². The van der Waals surface area contributed by atoms with E-state index in [0.717, 1.165) is 24.8 Å². The number of halogens is 4. The quantitative estimate of drug-likeness (QED) is 0.785. The molecule has 0 amide bonds. The molecule has 128 valence electrons. The Labute approximate surface area is 143 Å². The molecule has 0 spiro atoms. The first-order valence-corrected chi connectivity index (χ1v) is 8.26. The molecule has 0 saturated heterocycles. The van der Waals surface area contributed by atoms with Gasteiger partial charge in [-0.25, -0.2) is 9.97 Å². The van der Waals surface area contributed by atoms with E-state index < -0.39 is 11.9 Å². The molecular weight excluding hydrogens is 339 g/mol. The Morgan fingerprint density at radius 1 is 1.00 bits per heavy atom. The smallest absolute Gasteiger partial charge is 0.350 e. The maximum Gasteiger partial charge on any atom is 0.433 e. The number of benzene rings is 1. The second-order valence-electron chi connectivity index (χ2n) is 5.86. The normalized spacial score (nSPS) is 14.8. The van der Waals surface area contributed by atoms with Gasteiger partial charge in [0.1, 0.15) is 0 Å². The zero-order chi connectivity index (χ0) is 17.2. The van der Waals surface area contributed by atoms with Crippen LogP contribution in [0.3, 0.4) is 0 Å². The Bertz CT molecular complexity index is 714. The SMILES string of the molecule is FC(F)(F)c1nc(NCc2ccc(Cl)cc2)nc2c1CCCCC2. The molecule has 1 aromatic heterocycles. The summed E-state index contributed by atoms with van der Waals surface area (Å²) in [5.41, 5.74) is 0.880. The predicted octanol–water partition coefficient (Wildman–Crippen LogP) is 5.03. The average Bonchev–Trinajstić information content (AvgIpc) is 2.78. The fourth-order valence-corrected chi connectivity index (χ4v) is 2.99. The van der Waals surface area contributed by atoms with Crippen LogP contribution in [0, 0.1) is 0 Å². The monoisotopic (exact) mass is 355 g/mol. The number of rotatable bonds is 3. The van der Waals surface area contributed by atoms with E-state index in [1.807, 2.05) is 12.1 Å². The highest BCUT2D eigenvalue weighted by Crippen LogP contribution is 2.34. The van der Waals surface area contributed by atoms with Crippen molar-refractivity contribution in [2.24, 2.45) is 0 Å². The van der Waals surface area contributed by atoms with E-state index in [2.05, 4.69) is 15.3 Å². The lowest BCUT2D eigenvalue weighted by atomic mass is 10.1. The molecule has 24 heavy (non-hydrogen) atoms. The first-order chi connectivity index (χ1) is 11.4. The summed E-state index contributed by atoms with van der Waals surface area (Å²) in [7, 11) is 0. The van der Waals surface area contributed by atoms with Crippen molar-refractivity contribution in [3.05, 3.63) is 51.8 Å². The molecule has 1 aliphatic carbocycles. The Hall–Kier alpha value is -1.82. The van der Waals surface area contributed by atoms with Gasteiger partial charge < -0.3 is 5.32 Å². The third-order valence-electron chi connectivity index (χ3n) is 4.07. The van der Waals surface area contributed by atoms with Gasteiger partial charge in [-0.3, -0.25) is 0 Å². The zero-order valence-electron chi connectivity index (χ0n) is 13.0. The fourth-order valence-electron chi connectivity index (χ4n) is 2.87. The van der Waals surface area contributed by atoms with Crippen LogP contribution in [0.25, 0.3) is 0 Å². The van der Waals surface area contributed by atoms with Crippen LogP contribution in [0.1, 0.15) is 41.8 Å². The van der Waals surface area contributed by atoms with Crippen LogP contribution in [0.5, 0.6) is 0 Å². The molecule has 0 radical (unpaired) electrons. The van der Waals surface area contributed by atoms with Crippen molar-refractivity contribution < 1.29 is 13.2 Å². The van der Waals surface area contributed by atoms with Crippen molar-refractivity contribution >= 4 is 17.5 Å². The highest BCUT2D eigenvalue weighted by atomic mass is 35.5. The predicted molar refractivity (Wildman–Crippen MR) is 87.1 cm³/mol. The van der Waals surface area contributed by atoms with Crippen LogP contribution >= 0.6 is 11.6 Å². The number of nitrogens with one attached hydrogen (secondary N) is 1. The molecule has 2 aromatic rings. The molecule has 0 fully saturated rings. The van der Waals surface area contributed by atoms with Gasteiger partial charge in [-0.15, -0.1) is 0 Å². The van der Waals surface area contributed by atoms with E-state index in [1.54, 1.807) is 12.1 Å². The number of alkyl halides is 3. The van der Waals surface area contributed by atoms with Crippen LogP contribution in [-0.4, -0.2) is 9.97 Å². The number of fused-ring (bicyclic) bond motifs is 1. The summed E-state index contributed by atoms with van der Waals surface area (Å²) >= 11 is 5.82. The van der Waals surface area contributed by atoms with Gasteiger partial charge in [0.2, 0.25) is 5.95 Å². The Balaban J connectivity index is 1.87. The number of hydrogen-bond donors (Lipinski definition) is 1. The zero-order valence-corrected chi connectivity index (χ0v) is 13.7. The first kappa shape index (κ1) is 17.0. The van der Waals surface area contributed by atoms with Crippen LogP contribution < -0.4 is 5.32 Å². The number of aromatic nitrogens is 2. The lowest BCUT2D eigenvalue weighted by Gasteiger charge is -2.16. The number of nitrogens with zero attached hydrogens (tertiary/aromatic N) is 2. The molecule has 0 aliphatic heterocycles. The second kappa shape index (κ2) is 6.97. The standard InChI is InChI=1S/C17H17ClF3N3/c18-12-8-6-11(7-9-12)10-22-16-23-14-5-3-1-2-4-13(14)15(24-16)17(19,20)21/h6-9H,1-5,10H2,(H,22,23,24). The molecule has 0 bridgehead atoms. The van der Waals surface area contributed by atoms with Crippen LogP contribution in [0.15, 0.2) is 24.3 Å². The summed E-state index contributed by atoms with van der Waals surface area (Å²) in [6.07, 6.45) is -0.984. The Morgan fingerprint density at radius 3 is 2.42 bits per heavy atom. The van der Waals surface area contributed by atoms with Crippen molar-refractivity contribution in [1.29, 1.82) is 0 Å². The van der Waals surface area contributed by atoms with Gasteiger partial charge >= 0.3 is 6.18 Å². The third-order valence-corrected chi connectivity index (χ3v) is 4.32. The summed E-state index contributed by atoms with van der Waals surface area (Å²) in [6.45, 7) is 0.341. The average molecular weight is 356 g/mol. The van der Waals surface area contributed by atoms with Gasteiger partial charge in [-0.1, -0.05) is 30.2 Å². The van der Waals surface area contributed by atoms with Crippen molar-refractivity contribution in [3.8, 4) is 0 Å². The minimum Gasteiger partial charge on any atom is -0.350 e.